The Hall–Kier alpha value is -3.12. The third-order valence-electron chi connectivity index (χ3n) is 5.94. The summed E-state index contributed by atoms with van der Waals surface area (Å²) in [6, 6.07) is 16.0. The predicted molar refractivity (Wildman–Crippen MR) is 125 cm³/mol. The normalized spacial score (nSPS) is 14.8. The molecule has 0 aliphatic carbocycles. The van der Waals surface area contributed by atoms with Crippen molar-refractivity contribution in [1.29, 1.82) is 0 Å². The van der Waals surface area contributed by atoms with Crippen molar-refractivity contribution in [2.75, 3.05) is 36.4 Å². The molecule has 6 heteroatoms. The highest BCUT2D eigenvalue weighted by Gasteiger charge is 2.19. The van der Waals surface area contributed by atoms with Crippen LogP contribution in [0.3, 0.4) is 0 Å². The lowest BCUT2D eigenvalue weighted by Crippen LogP contribution is -2.48. The van der Waals surface area contributed by atoms with Gasteiger partial charge < -0.3 is 14.6 Å². The Morgan fingerprint density at radius 1 is 1.03 bits per heavy atom. The van der Waals surface area contributed by atoms with Gasteiger partial charge in [0, 0.05) is 54.7 Å². The molecular formula is C25H30N4O2. The second-order valence-corrected chi connectivity index (χ2v) is 8.36. The highest BCUT2D eigenvalue weighted by molar-refractivity contribution is 6.04. The van der Waals surface area contributed by atoms with Crippen molar-refractivity contribution >= 4 is 17.3 Å². The standard InChI is InChI=1S/C25H30N4O2/c1-17(2)28-12-14-29(15-13-28)23-10-8-20(9-11-23)24(30)27-22-7-5-6-21(16-22)25-26-18(3)19(4)31-25/h5-11,16-17H,12-15H2,1-4H3,(H,27,30). The van der Waals surface area contributed by atoms with Gasteiger partial charge in [0.25, 0.3) is 5.91 Å². The van der Waals surface area contributed by atoms with E-state index in [4.69, 9.17) is 4.42 Å². The molecular weight excluding hydrogens is 388 g/mol. The number of piperazine rings is 1. The van der Waals surface area contributed by atoms with Gasteiger partial charge in [0.15, 0.2) is 0 Å². The maximum atomic E-state index is 12.8. The van der Waals surface area contributed by atoms with Crippen molar-refractivity contribution < 1.29 is 9.21 Å². The number of aromatic nitrogens is 1. The van der Waals surface area contributed by atoms with Gasteiger partial charge in [-0.25, -0.2) is 4.98 Å². The zero-order valence-corrected chi connectivity index (χ0v) is 18.7. The molecule has 0 spiro atoms. The molecule has 162 valence electrons. The van der Waals surface area contributed by atoms with Crippen molar-refractivity contribution in [1.82, 2.24) is 9.88 Å². The molecule has 0 atom stereocenters. The molecule has 1 aromatic heterocycles. The summed E-state index contributed by atoms with van der Waals surface area (Å²) in [5.41, 5.74) is 4.22. The van der Waals surface area contributed by atoms with Crippen LogP contribution in [0.1, 0.15) is 35.7 Å². The average molecular weight is 419 g/mol. The molecule has 2 heterocycles. The molecule has 1 aliphatic heterocycles. The molecule has 1 saturated heterocycles. The summed E-state index contributed by atoms with van der Waals surface area (Å²) >= 11 is 0. The highest BCUT2D eigenvalue weighted by Crippen LogP contribution is 2.25. The molecule has 4 rings (SSSR count). The van der Waals surface area contributed by atoms with Crippen molar-refractivity contribution in [3.05, 3.63) is 65.5 Å². The number of carbonyl (C=O) groups excluding carboxylic acids is 1. The maximum Gasteiger partial charge on any atom is 0.255 e. The summed E-state index contributed by atoms with van der Waals surface area (Å²) in [6.45, 7) is 12.5. The number of nitrogens with zero attached hydrogens (tertiary/aromatic N) is 3. The van der Waals surface area contributed by atoms with Crippen LogP contribution in [0, 0.1) is 13.8 Å². The van der Waals surface area contributed by atoms with Crippen molar-refractivity contribution in [2.24, 2.45) is 0 Å². The van der Waals surface area contributed by atoms with Crippen molar-refractivity contribution in [2.45, 2.75) is 33.7 Å². The Morgan fingerprint density at radius 2 is 1.74 bits per heavy atom. The van der Waals surface area contributed by atoms with E-state index in [-0.39, 0.29) is 5.91 Å². The molecule has 1 amide bonds. The number of carbonyl (C=O) groups is 1. The van der Waals surface area contributed by atoms with E-state index in [1.165, 1.54) is 0 Å². The molecule has 1 fully saturated rings. The van der Waals surface area contributed by atoms with E-state index in [2.05, 4.69) is 33.9 Å². The van der Waals surface area contributed by atoms with E-state index in [0.29, 0.717) is 23.2 Å². The Bertz CT molecular complexity index is 1030. The molecule has 31 heavy (non-hydrogen) atoms. The first kappa shape index (κ1) is 21.1. The minimum absolute atomic E-state index is 0.131. The van der Waals surface area contributed by atoms with Gasteiger partial charge in [-0.1, -0.05) is 6.07 Å². The summed E-state index contributed by atoms with van der Waals surface area (Å²) < 4.78 is 5.70. The van der Waals surface area contributed by atoms with E-state index in [1.807, 2.05) is 62.4 Å². The minimum atomic E-state index is -0.131. The first-order chi connectivity index (χ1) is 14.9. The molecule has 0 bridgehead atoms. The third kappa shape index (κ3) is 4.80. The van der Waals surface area contributed by atoms with Gasteiger partial charge in [-0.3, -0.25) is 9.69 Å². The number of hydrogen-bond donors (Lipinski definition) is 1. The number of amides is 1. The summed E-state index contributed by atoms with van der Waals surface area (Å²) in [7, 11) is 0. The molecule has 2 aromatic carbocycles. The van der Waals surface area contributed by atoms with Crippen LogP contribution in [0.5, 0.6) is 0 Å². The Labute approximate surface area is 183 Å². The van der Waals surface area contributed by atoms with E-state index in [0.717, 1.165) is 48.9 Å². The van der Waals surface area contributed by atoms with Gasteiger partial charge in [0.1, 0.15) is 5.76 Å². The zero-order valence-electron chi connectivity index (χ0n) is 18.7. The average Bonchev–Trinajstić information content (AvgIpc) is 3.12. The number of aryl methyl sites for hydroxylation is 2. The van der Waals surface area contributed by atoms with Crippen LogP contribution < -0.4 is 10.2 Å². The highest BCUT2D eigenvalue weighted by atomic mass is 16.4. The van der Waals surface area contributed by atoms with Gasteiger partial charge in [-0.15, -0.1) is 0 Å². The fourth-order valence-corrected chi connectivity index (χ4v) is 3.85. The number of anilines is 2. The lowest BCUT2D eigenvalue weighted by Gasteiger charge is -2.38. The number of hydrogen-bond acceptors (Lipinski definition) is 5. The monoisotopic (exact) mass is 418 g/mol. The fourth-order valence-electron chi connectivity index (χ4n) is 3.85. The van der Waals surface area contributed by atoms with Crippen LogP contribution in [-0.2, 0) is 0 Å². The molecule has 0 radical (unpaired) electrons. The SMILES string of the molecule is Cc1nc(-c2cccc(NC(=O)c3ccc(N4CCN(C(C)C)CC4)cc3)c2)oc1C. The van der Waals surface area contributed by atoms with E-state index >= 15 is 0 Å². The quantitative estimate of drug-likeness (QED) is 0.648. The first-order valence-electron chi connectivity index (χ1n) is 10.9. The van der Waals surface area contributed by atoms with Crippen LogP contribution in [-0.4, -0.2) is 48.0 Å². The largest absolute Gasteiger partial charge is 0.441 e. The van der Waals surface area contributed by atoms with Gasteiger partial charge in [0.05, 0.1) is 5.69 Å². The molecule has 1 aliphatic rings. The lowest BCUT2D eigenvalue weighted by atomic mass is 10.1. The fraction of sp³-hybridized carbons (Fsp3) is 0.360. The van der Waals surface area contributed by atoms with E-state index in [9.17, 15) is 4.79 Å². The first-order valence-corrected chi connectivity index (χ1v) is 10.9. The number of benzene rings is 2. The Balaban J connectivity index is 1.41. The minimum Gasteiger partial charge on any atom is -0.441 e. The number of nitrogens with one attached hydrogen (secondary N) is 1. The van der Waals surface area contributed by atoms with E-state index < -0.39 is 0 Å². The van der Waals surface area contributed by atoms with Crippen LogP contribution in [0.25, 0.3) is 11.5 Å². The van der Waals surface area contributed by atoms with Crippen LogP contribution in [0.4, 0.5) is 11.4 Å². The summed E-state index contributed by atoms with van der Waals surface area (Å²) in [6.07, 6.45) is 0. The van der Waals surface area contributed by atoms with E-state index in [1.54, 1.807) is 0 Å². The molecule has 3 aromatic rings. The van der Waals surface area contributed by atoms with Gasteiger partial charge in [-0.2, -0.15) is 0 Å². The van der Waals surface area contributed by atoms with Crippen molar-refractivity contribution in [3.63, 3.8) is 0 Å². The number of rotatable bonds is 5. The van der Waals surface area contributed by atoms with Crippen LogP contribution in [0.2, 0.25) is 0 Å². The zero-order chi connectivity index (χ0) is 22.0. The smallest absolute Gasteiger partial charge is 0.255 e. The van der Waals surface area contributed by atoms with Gasteiger partial charge >= 0.3 is 0 Å². The molecule has 0 saturated carbocycles. The Kier molecular flexibility index (Phi) is 6.09. The third-order valence-corrected chi connectivity index (χ3v) is 5.94. The van der Waals surface area contributed by atoms with Gasteiger partial charge in [0.2, 0.25) is 5.89 Å². The summed E-state index contributed by atoms with van der Waals surface area (Å²) in [5.74, 6) is 1.23. The summed E-state index contributed by atoms with van der Waals surface area (Å²) in [4.78, 5) is 22.1. The second kappa shape index (κ2) is 8.94. The predicted octanol–water partition coefficient (Wildman–Crippen LogP) is 4.74. The topological polar surface area (TPSA) is 61.6 Å². The Morgan fingerprint density at radius 3 is 2.35 bits per heavy atom. The second-order valence-electron chi connectivity index (χ2n) is 8.36. The summed E-state index contributed by atoms with van der Waals surface area (Å²) in [5, 5.41) is 2.98. The number of oxazole rings is 1. The molecule has 1 N–H and O–H groups in total. The van der Waals surface area contributed by atoms with Crippen molar-refractivity contribution in [3.8, 4) is 11.5 Å². The van der Waals surface area contributed by atoms with Crippen LogP contribution in [0.15, 0.2) is 52.9 Å². The van der Waals surface area contributed by atoms with Crippen LogP contribution >= 0.6 is 0 Å². The van der Waals surface area contributed by atoms with Gasteiger partial charge in [-0.05, 0) is 70.2 Å². The lowest BCUT2D eigenvalue weighted by molar-refractivity contribution is 0.102. The maximum absolute atomic E-state index is 12.8. The molecule has 6 nitrogen and oxygen atoms in total. The molecule has 0 unspecified atom stereocenters.